The smallest absolute Gasteiger partial charge is 0.326 e. The lowest BCUT2D eigenvalue weighted by Gasteiger charge is -2.38. The van der Waals surface area contributed by atoms with Crippen LogP contribution in [0.3, 0.4) is 0 Å². The number of amides is 1. The highest BCUT2D eigenvalue weighted by molar-refractivity contribution is 6.42. The molecule has 9 nitrogen and oxygen atoms in total. The molecule has 8 rings (SSSR count). The van der Waals surface area contributed by atoms with E-state index in [1.54, 1.807) is 24.3 Å². The summed E-state index contributed by atoms with van der Waals surface area (Å²) in [5.74, 6) is 0.467. The summed E-state index contributed by atoms with van der Waals surface area (Å²) in [6.07, 6.45) is 0.136. The zero-order valence-corrected chi connectivity index (χ0v) is 34.2. The molecule has 3 atom stereocenters. The maximum Gasteiger partial charge on any atom is 0.326 e. The van der Waals surface area contributed by atoms with Crippen LogP contribution in [0, 0.1) is 18.3 Å². The van der Waals surface area contributed by atoms with Gasteiger partial charge in [-0.1, -0.05) is 102 Å². The molecule has 1 amide bonds. The second kappa shape index (κ2) is 17.9. The second-order valence-electron chi connectivity index (χ2n) is 15.1. The van der Waals surface area contributed by atoms with Crippen molar-refractivity contribution in [1.29, 1.82) is 5.26 Å². The van der Waals surface area contributed by atoms with Crippen molar-refractivity contribution in [3.05, 3.63) is 182 Å². The van der Waals surface area contributed by atoms with E-state index < -0.39 is 18.1 Å². The Hall–Kier alpha value is -6.31. The van der Waals surface area contributed by atoms with Crippen LogP contribution in [0.1, 0.15) is 50.6 Å². The molecular formula is C49H41Cl2N3O6. The summed E-state index contributed by atoms with van der Waals surface area (Å²) in [6.45, 7) is 3.63. The van der Waals surface area contributed by atoms with Crippen LogP contribution in [-0.4, -0.2) is 40.6 Å². The minimum absolute atomic E-state index is 0.115. The summed E-state index contributed by atoms with van der Waals surface area (Å²) in [7, 11) is 0. The van der Waals surface area contributed by atoms with Gasteiger partial charge in [0.15, 0.2) is 17.6 Å². The van der Waals surface area contributed by atoms with Crippen LogP contribution < -0.4 is 19.5 Å². The number of ether oxygens (including phenoxy) is 3. The van der Waals surface area contributed by atoms with Crippen LogP contribution in [0.4, 0.5) is 0 Å². The molecule has 0 saturated heterocycles. The summed E-state index contributed by atoms with van der Waals surface area (Å²) >= 11 is 12.2. The SMILES string of the molecule is Cc1ccccc1CN1Cc2cc3c(cc2C[C@H]1C(=O)NC(Cc1ccc(-c2ccc(C#N)cc2)cc1)C(=O)O)OC[C@H](c1ccc(OCc2ccc(Cl)c(Cl)c2)cc1)O3. The van der Waals surface area contributed by atoms with Crippen LogP contribution in [0.2, 0.25) is 10.0 Å². The van der Waals surface area contributed by atoms with E-state index >= 15 is 0 Å². The number of hydrogen-bond donors (Lipinski definition) is 2. The van der Waals surface area contributed by atoms with Gasteiger partial charge in [-0.05, 0) is 112 Å². The van der Waals surface area contributed by atoms with Gasteiger partial charge in [0, 0.05) is 19.5 Å². The van der Waals surface area contributed by atoms with Gasteiger partial charge >= 0.3 is 5.97 Å². The average Bonchev–Trinajstić information content (AvgIpc) is 3.26. The number of carboxylic acid groups (broad SMARTS) is 1. The van der Waals surface area contributed by atoms with Gasteiger partial charge < -0.3 is 24.6 Å². The lowest BCUT2D eigenvalue weighted by Crippen LogP contribution is -2.54. The van der Waals surface area contributed by atoms with Gasteiger partial charge in [0.1, 0.15) is 25.0 Å². The van der Waals surface area contributed by atoms with Crippen LogP contribution in [0.5, 0.6) is 17.2 Å². The van der Waals surface area contributed by atoms with E-state index in [0.717, 1.165) is 50.1 Å². The van der Waals surface area contributed by atoms with Crippen LogP contribution in [0.15, 0.2) is 127 Å². The van der Waals surface area contributed by atoms with Crippen molar-refractivity contribution in [1.82, 2.24) is 10.2 Å². The quantitative estimate of drug-likeness (QED) is 0.125. The summed E-state index contributed by atoms with van der Waals surface area (Å²) in [4.78, 5) is 28.9. The number of nitriles is 1. The van der Waals surface area contributed by atoms with Crippen molar-refractivity contribution < 1.29 is 28.9 Å². The first-order valence-electron chi connectivity index (χ1n) is 19.6. The van der Waals surface area contributed by atoms with Crippen LogP contribution in [0.25, 0.3) is 11.1 Å². The third-order valence-electron chi connectivity index (χ3n) is 11.1. The molecule has 0 radical (unpaired) electrons. The van der Waals surface area contributed by atoms with Crippen LogP contribution >= 0.6 is 23.2 Å². The number of aliphatic carboxylic acids is 1. The zero-order valence-electron chi connectivity index (χ0n) is 32.7. The number of carbonyl (C=O) groups excluding carboxylic acids is 1. The number of carboxylic acids is 1. The van der Waals surface area contributed by atoms with Gasteiger partial charge in [-0.2, -0.15) is 5.26 Å². The maximum absolute atomic E-state index is 14.2. The largest absolute Gasteiger partial charge is 0.489 e. The Balaban J connectivity index is 0.968. The Labute approximate surface area is 358 Å². The first kappa shape index (κ1) is 40.5. The van der Waals surface area contributed by atoms with Crippen molar-refractivity contribution in [2.24, 2.45) is 0 Å². The Morgan fingerprint density at radius 1 is 0.867 bits per heavy atom. The standard InChI is InChI=1S/C49H41Cl2N3O6/c1-30-4-2-3-5-37(30)26-54-27-39-24-46-45(59-29-47(60-46)36-15-17-40(18-16-36)58-28-33-10-19-41(50)42(51)20-33)23-38(39)22-44(54)48(55)53-43(49(56)57)21-31-6-11-34(12-7-31)35-13-8-32(25-52)9-14-35/h2-20,23-24,43-44,47H,21-22,26-29H2,1H3,(H,53,55)(H,56,57)/t43?,44-,47+/m0/s1. The average molecular weight is 839 g/mol. The highest BCUT2D eigenvalue weighted by atomic mass is 35.5. The van der Waals surface area contributed by atoms with Gasteiger partial charge in [0.25, 0.3) is 0 Å². The summed E-state index contributed by atoms with van der Waals surface area (Å²) in [6, 6.07) is 40.4. The van der Waals surface area contributed by atoms with Gasteiger partial charge in [0.2, 0.25) is 5.91 Å². The molecule has 1 unspecified atom stereocenters. The third-order valence-corrected chi connectivity index (χ3v) is 11.8. The fraction of sp³-hybridized carbons (Fsp3) is 0.204. The number of fused-ring (bicyclic) bond motifs is 2. The van der Waals surface area contributed by atoms with E-state index in [9.17, 15) is 14.7 Å². The first-order valence-corrected chi connectivity index (χ1v) is 20.4. The molecule has 0 aromatic heterocycles. The van der Waals surface area contributed by atoms with Crippen molar-refractivity contribution in [2.75, 3.05) is 6.61 Å². The number of halogens is 2. The highest BCUT2D eigenvalue weighted by Crippen LogP contribution is 2.41. The predicted octanol–water partition coefficient (Wildman–Crippen LogP) is 9.67. The number of carbonyl (C=O) groups is 2. The lowest BCUT2D eigenvalue weighted by atomic mass is 9.91. The van der Waals surface area contributed by atoms with E-state index in [2.05, 4.69) is 22.4 Å². The number of nitrogens with zero attached hydrogens (tertiary/aromatic N) is 2. The van der Waals surface area contributed by atoms with Gasteiger partial charge in [-0.25, -0.2) is 4.79 Å². The molecule has 6 aromatic carbocycles. The van der Waals surface area contributed by atoms with E-state index in [-0.39, 0.29) is 18.4 Å². The Morgan fingerprint density at radius 2 is 1.57 bits per heavy atom. The minimum Gasteiger partial charge on any atom is -0.489 e. The van der Waals surface area contributed by atoms with Crippen molar-refractivity contribution >= 4 is 35.1 Å². The third kappa shape index (κ3) is 9.27. The van der Waals surface area contributed by atoms with Crippen molar-refractivity contribution in [3.63, 3.8) is 0 Å². The number of rotatable bonds is 12. The predicted molar refractivity (Wildman–Crippen MR) is 230 cm³/mol. The molecule has 2 heterocycles. The van der Waals surface area contributed by atoms with Gasteiger partial charge in [0.05, 0.1) is 27.7 Å². The molecule has 0 spiro atoms. The van der Waals surface area contributed by atoms with Crippen molar-refractivity contribution in [3.8, 4) is 34.4 Å². The second-order valence-corrected chi connectivity index (χ2v) is 15.9. The maximum atomic E-state index is 14.2. The van der Waals surface area contributed by atoms with E-state index in [1.807, 2.05) is 104 Å². The molecule has 11 heteroatoms. The molecule has 60 heavy (non-hydrogen) atoms. The summed E-state index contributed by atoms with van der Waals surface area (Å²) in [5, 5.41) is 23.3. The normalized spacial score (nSPS) is 16.2. The fourth-order valence-electron chi connectivity index (χ4n) is 7.65. The molecule has 2 aliphatic rings. The molecular weight excluding hydrogens is 797 g/mol. The molecule has 2 N–H and O–H groups in total. The minimum atomic E-state index is -1.14. The molecule has 0 aliphatic carbocycles. The number of hydrogen-bond acceptors (Lipinski definition) is 7. The molecule has 302 valence electrons. The monoisotopic (exact) mass is 837 g/mol. The number of aryl methyl sites for hydroxylation is 1. The Kier molecular flexibility index (Phi) is 12.1. The van der Waals surface area contributed by atoms with E-state index in [1.165, 1.54) is 0 Å². The van der Waals surface area contributed by atoms with E-state index in [0.29, 0.717) is 65.6 Å². The fourth-order valence-corrected chi connectivity index (χ4v) is 7.97. The molecule has 0 bridgehead atoms. The highest BCUT2D eigenvalue weighted by Gasteiger charge is 2.36. The molecule has 2 aliphatic heterocycles. The summed E-state index contributed by atoms with van der Waals surface area (Å²) in [5.41, 5.74) is 9.23. The van der Waals surface area contributed by atoms with Crippen molar-refractivity contribution in [2.45, 2.75) is 57.6 Å². The Morgan fingerprint density at radius 3 is 2.27 bits per heavy atom. The van der Waals surface area contributed by atoms with Gasteiger partial charge in [-0.15, -0.1) is 0 Å². The zero-order chi connectivity index (χ0) is 41.8. The topological polar surface area (TPSA) is 121 Å². The molecule has 0 fully saturated rings. The number of benzene rings is 6. The Bertz CT molecular complexity index is 2570. The molecule has 0 saturated carbocycles. The lowest BCUT2D eigenvalue weighted by molar-refractivity contribution is -0.142. The number of nitrogens with one attached hydrogen (secondary N) is 1. The first-order chi connectivity index (χ1) is 29.1. The van der Waals surface area contributed by atoms with Gasteiger partial charge in [-0.3, -0.25) is 9.69 Å². The van der Waals surface area contributed by atoms with E-state index in [4.69, 9.17) is 42.7 Å². The molecule has 6 aromatic rings. The summed E-state index contributed by atoms with van der Waals surface area (Å²) < 4.78 is 18.8. The van der Waals surface area contributed by atoms with Crippen LogP contribution in [-0.2, 0) is 42.1 Å².